The smallest absolute Gasteiger partial charge is 0.396 e. The zero-order valence-electron chi connectivity index (χ0n) is 15.5. The molecule has 0 amide bonds. The van der Waals surface area contributed by atoms with Crippen LogP contribution in [0.3, 0.4) is 0 Å². The van der Waals surface area contributed by atoms with Crippen molar-refractivity contribution in [2.75, 3.05) is 20.3 Å². The summed E-state index contributed by atoms with van der Waals surface area (Å²) in [6, 6.07) is 3.57. The van der Waals surface area contributed by atoms with Gasteiger partial charge in [-0.05, 0) is 43.2 Å². The molecule has 1 aromatic carbocycles. The molecule has 0 saturated carbocycles. The highest BCUT2D eigenvalue weighted by atomic mass is 32.2. The molecule has 0 radical (unpaired) electrons. The van der Waals surface area contributed by atoms with Gasteiger partial charge in [-0.2, -0.15) is 0 Å². The molecule has 1 saturated heterocycles. The number of ether oxygens (including phenoxy) is 4. The van der Waals surface area contributed by atoms with E-state index in [1.165, 1.54) is 0 Å². The summed E-state index contributed by atoms with van der Waals surface area (Å²) in [5.41, 5.74) is 0.850. The van der Waals surface area contributed by atoms with E-state index in [1.54, 1.807) is 33.1 Å². The number of aryl methyl sites for hydroxylation is 1. The summed E-state index contributed by atoms with van der Waals surface area (Å²) < 4.78 is 35.8. The number of carbonyl (C=O) groups excluding carboxylic acids is 1. The van der Waals surface area contributed by atoms with Crippen molar-refractivity contribution in [2.45, 2.75) is 45.8 Å². The van der Waals surface area contributed by atoms with E-state index in [2.05, 4.69) is 0 Å². The minimum absolute atomic E-state index is 0.0767. The van der Waals surface area contributed by atoms with E-state index in [4.69, 9.17) is 18.9 Å². The Morgan fingerprint density at radius 3 is 2.62 bits per heavy atom. The van der Waals surface area contributed by atoms with E-state index in [1.807, 2.05) is 6.92 Å². The predicted molar refractivity (Wildman–Crippen MR) is 98.9 cm³/mol. The van der Waals surface area contributed by atoms with Crippen LogP contribution in [0.1, 0.15) is 41.9 Å². The molecule has 0 spiro atoms. The molecule has 7 heteroatoms. The lowest BCUT2D eigenvalue weighted by Gasteiger charge is -2.23. The van der Waals surface area contributed by atoms with E-state index in [0.717, 1.165) is 18.4 Å². The lowest BCUT2D eigenvalue weighted by atomic mass is 10.1. The Balaban J connectivity index is 2.13. The van der Waals surface area contributed by atoms with E-state index in [-0.39, 0.29) is 17.1 Å². The van der Waals surface area contributed by atoms with Crippen LogP contribution in [-0.4, -0.2) is 43.1 Å². The number of hydrogen-bond donors (Lipinski definition) is 0. The number of benzene rings is 1. The van der Waals surface area contributed by atoms with Crippen LogP contribution in [-0.2, 0) is 9.47 Å². The maximum absolute atomic E-state index is 13.0. The second-order valence-corrected chi connectivity index (χ2v) is 8.01. The van der Waals surface area contributed by atoms with Gasteiger partial charge in [0.1, 0.15) is 11.9 Å². The summed E-state index contributed by atoms with van der Waals surface area (Å²) in [6.07, 6.45) is 1.05. The Bertz CT molecular complexity index is 804. The molecule has 0 bridgehead atoms. The molecule has 6 nitrogen and oxygen atoms in total. The quantitative estimate of drug-likeness (QED) is 0.576. The molecule has 1 atom stereocenters. The molecular formula is C19H24O6S. The number of hydrogen-bond acceptors (Lipinski definition) is 6. The molecule has 1 aliphatic rings. The minimum Gasteiger partial charge on any atom is -0.589 e. The van der Waals surface area contributed by atoms with Crippen molar-refractivity contribution in [2.24, 2.45) is 0 Å². The number of fused-ring (bicyclic) bond motifs is 1. The van der Waals surface area contributed by atoms with Gasteiger partial charge in [-0.3, -0.25) is 0 Å². The molecule has 142 valence electrons. The second-order valence-electron chi connectivity index (χ2n) is 6.63. The average molecular weight is 380 g/mol. The molecule has 26 heavy (non-hydrogen) atoms. The van der Waals surface area contributed by atoms with Crippen LogP contribution in [0.2, 0.25) is 0 Å². The number of thiophene rings is 1. The Kier molecular flexibility index (Phi) is 5.70. The van der Waals surface area contributed by atoms with Gasteiger partial charge in [-0.25, -0.2) is 4.79 Å². The fourth-order valence-electron chi connectivity index (χ4n) is 3.04. The number of esters is 1. The number of rotatable bonds is 5. The predicted octanol–water partition coefficient (Wildman–Crippen LogP) is 4.01. The van der Waals surface area contributed by atoms with Gasteiger partial charge in [-0.15, -0.1) is 0 Å². The van der Waals surface area contributed by atoms with Crippen molar-refractivity contribution < 1.29 is 28.3 Å². The van der Waals surface area contributed by atoms with Gasteiger partial charge < -0.3 is 23.5 Å². The van der Waals surface area contributed by atoms with E-state index < -0.39 is 16.7 Å². The van der Waals surface area contributed by atoms with Gasteiger partial charge in [-0.1, -0.05) is 0 Å². The van der Waals surface area contributed by atoms with Crippen LogP contribution in [0, 0.1) is 6.92 Å². The van der Waals surface area contributed by atoms with Crippen LogP contribution in [0.15, 0.2) is 12.1 Å². The third kappa shape index (κ3) is 3.65. The zero-order valence-corrected chi connectivity index (χ0v) is 16.3. The van der Waals surface area contributed by atoms with Gasteiger partial charge in [0.2, 0.25) is 0 Å². The van der Waals surface area contributed by atoms with Gasteiger partial charge in [0.05, 0.1) is 31.8 Å². The van der Waals surface area contributed by atoms with Crippen molar-refractivity contribution >= 4 is 26.8 Å². The van der Waals surface area contributed by atoms with Gasteiger partial charge in [0, 0.05) is 18.9 Å². The van der Waals surface area contributed by atoms with Crippen LogP contribution < -0.4 is 9.47 Å². The molecule has 1 aromatic heterocycles. The first kappa shape index (κ1) is 18.9. The largest absolute Gasteiger partial charge is 0.589 e. The molecule has 0 aliphatic carbocycles. The summed E-state index contributed by atoms with van der Waals surface area (Å²) in [4.78, 5) is 12.7. The van der Waals surface area contributed by atoms with Crippen molar-refractivity contribution in [3.63, 3.8) is 0 Å². The molecule has 2 aromatic rings. The maximum atomic E-state index is 13.0. The van der Waals surface area contributed by atoms with Gasteiger partial charge in [0.15, 0.2) is 10.4 Å². The van der Waals surface area contributed by atoms with Crippen LogP contribution in [0.25, 0.3) is 10.1 Å². The Morgan fingerprint density at radius 1 is 1.31 bits per heavy atom. The average Bonchev–Trinajstić information content (AvgIpc) is 2.86. The summed E-state index contributed by atoms with van der Waals surface area (Å²) in [7, 11) is -0.0631. The lowest BCUT2D eigenvalue weighted by molar-refractivity contribution is 0.0241. The highest BCUT2D eigenvalue weighted by Gasteiger charge is 2.34. The summed E-state index contributed by atoms with van der Waals surface area (Å²) in [5.74, 6) is 0.398. The SMILES string of the molecule is COc1cc2c(OC3CCOCC3)c(C(=O)OC(C)C)[s+]([O-])c2cc1C. The standard InChI is InChI=1S/C19H24O6S/c1-11(2)24-19(20)18-17(25-13-5-7-23-8-6-13)14-10-15(22-4)12(3)9-16(14)26(18)21/h9-11,13H,5-8H2,1-4H3. The van der Waals surface area contributed by atoms with Gasteiger partial charge >= 0.3 is 10.8 Å². The van der Waals surface area contributed by atoms with Crippen molar-refractivity contribution in [3.05, 3.63) is 22.6 Å². The molecule has 1 unspecified atom stereocenters. The van der Waals surface area contributed by atoms with Crippen molar-refractivity contribution in [3.8, 4) is 11.5 Å². The van der Waals surface area contributed by atoms with Crippen LogP contribution in [0.4, 0.5) is 0 Å². The molecule has 2 heterocycles. The lowest BCUT2D eigenvalue weighted by Crippen LogP contribution is -2.26. The first-order chi connectivity index (χ1) is 12.4. The van der Waals surface area contributed by atoms with Crippen LogP contribution in [0.5, 0.6) is 11.5 Å². The first-order valence-electron chi connectivity index (χ1n) is 8.72. The molecule has 1 fully saturated rings. The van der Waals surface area contributed by atoms with Crippen molar-refractivity contribution in [1.82, 2.24) is 0 Å². The normalized spacial score (nSPS) is 16.2. The molecule has 0 N–H and O–H groups in total. The molecule has 3 rings (SSSR count). The Morgan fingerprint density at radius 2 is 2.00 bits per heavy atom. The summed E-state index contributed by atoms with van der Waals surface area (Å²) in [5, 5.41) is 0.632. The van der Waals surface area contributed by atoms with E-state index >= 15 is 0 Å². The molecule has 1 aliphatic heterocycles. The van der Waals surface area contributed by atoms with Crippen molar-refractivity contribution in [1.29, 1.82) is 0 Å². The van der Waals surface area contributed by atoms with E-state index in [0.29, 0.717) is 34.8 Å². The fourth-order valence-corrected chi connectivity index (χ4v) is 4.42. The molecular weight excluding hydrogens is 356 g/mol. The Hall–Kier alpha value is -1.83. The first-order valence-corrected chi connectivity index (χ1v) is 9.87. The topological polar surface area (TPSA) is 77.1 Å². The minimum atomic E-state index is -1.64. The maximum Gasteiger partial charge on any atom is 0.396 e. The second kappa shape index (κ2) is 7.82. The number of methoxy groups -OCH3 is 1. The third-order valence-corrected chi connectivity index (χ3v) is 5.77. The van der Waals surface area contributed by atoms with E-state index in [9.17, 15) is 9.35 Å². The number of carbonyl (C=O) groups is 1. The summed E-state index contributed by atoms with van der Waals surface area (Å²) >= 11 is 0. The monoisotopic (exact) mass is 380 g/mol. The Labute approximate surface area is 155 Å². The highest BCUT2D eigenvalue weighted by Crippen LogP contribution is 2.47. The zero-order chi connectivity index (χ0) is 18.8. The van der Waals surface area contributed by atoms with Crippen LogP contribution >= 0.6 is 10.8 Å². The highest BCUT2D eigenvalue weighted by molar-refractivity contribution is 7.33. The third-order valence-electron chi connectivity index (χ3n) is 4.31. The summed E-state index contributed by atoms with van der Waals surface area (Å²) in [6.45, 7) is 6.61. The fraction of sp³-hybridized carbons (Fsp3) is 0.526. The van der Waals surface area contributed by atoms with Gasteiger partial charge in [0.25, 0.3) is 0 Å².